The van der Waals surface area contributed by atoms with Crippen LogP contribution >= 0.6 is 32.7 Å². The van der Waals surface area contributed by atoms with Crippen LogP contribution in [0.1, 0.15) is 41.5 Å². The fourth-order valence-corrected chi connectivity index (χ4v) is 7.14. The van der Waals surface area contributed by atoms with Crippen LogP contribution in [0.3, 0.4) is 0 Å². The first-order valence-electron chi connectivity index (χ1n) is 6.65. The van der Waals surface area contributed by atoms with Crippen molar-refractivity contribution in [2.75, 3.05) is 0 Å². The molecule has 0 atom stereocenters. The van der Waals surface area contributed by atoms with Gasteiger partial charge in [0.25, 0.3) is 0 Å². The van der Waals surface area contributed by atoms with Crippen molar-refractivity contribution >= 4 is 48.8 Å². The summed E-state index contributed by atoms with van der Waals surface area (Å²) in [6, 6.07) is 13.5. The molecule has 0 bridgehead atoms. The van der Waals surface area contributed by atoms with Gasteiger partial charge in [0.1, 0.15) is 0 Å². The average molecular weight is 511 g/mol. The molecule has 118 valence electrons. The van der Waals surface area contributed by atoms with E-state index in [0.29, 0.717) is 10.3 Å². The van der Waals surface area contributed by atoms with E-state index in [1.54, 1.807) is 5.30 Å². The summed E-state index contributed by atoms with van der Waals surface area (Å²) in [5, 5.41) is 5.00. The minimum absolute atomic E-state index is 0. The molecule has 0 fully saturated rings. The summed E-state index contributed by atoms with van der Waals surface area (Å²) >= 11 is 0. The predicted molar refractivity (Wildman–Crippen MR) is 100 cm³/mol. The summed E-state index contributed by atoms with van der Waals surface area (Å²) in [6.07, 6.45) is 0. The molecule has 21 heavy (non-hydrogen) atoms. The fourth-order valence-electron chi connectivity index (χ4n) is 3.04. The Bertz CT molecular complexity index is 503. The maximum absolute atomic E-state index is 2.40. The van der Waals surface area contributed by atoms with Crippen LogP contribution in [0.2, 0.25) is 0 Å². The van der Waals surface area contributed by atoms with Crippen LogP contribution in [0.4, 0.5) is 0 Å². The minimum atomic E-state index is -0.185. The molecule has 0 saturated carbocycles. The smallest absolute Gasteiger partial charge is 0 e. The first-order chi connectivity index (χ1) is 8.19. The van der Waals surface area contributed by atoms with E-state index in [9.17, 15) is 0 Å². The molecule has 0 spiro atoms. The Balaban J connectivity index is 0. The Morgan fingerprint density at radius 2 is 1.33 bits per heavy atom. The van der Waals surface area contributed by atoms with E-state index >= 15 is 0 Å². The van der Waals surface area contributed by atoms with E-state index in [2.05, 4.69) is 77.9 Å². The van der Waals surface area contributed by atoms with Gasteiger partial charge in [-0.2, -0.15) is 6.07 Å². The topological polar surface area (TPSA) is 0 Å². The standard InChI is InChI=1S/C17H24P.2ClH.Hf/c1-16(2,3)18(17(4,5)6)15-11-13-9-7-8-10-14(13)12-15;;;/h7-12H,1-6H3;2*1H;/q-1;;;. The second kappa shape index (κ2) is 8.53. The summed E-state index contributed by atoms with van der Waals surface area (Å²) < 4.78 is 0. The van der Waals surface area contributed by atoms with Crippen molar-refractivity contribution in [3.63, 3.8) is 0 Å². The zero-order valence-corrected chi connectivity index (χ0v) is 19.8. The summed E-state index contributed by atoms with van der Waals surface area (Å²) in [7, 11) is -0.185. The third-order valence-electron chi connectivity index (χ3n) is 3.20. The molecule has 0 amide bonds. The molecule has 0 saturated heterocycles. The van der Waals surface area contributed by atoms with Gasteiger partial charge in [-0.05, 0) is 10.3 Å². The molecule has 0 heterocycles. The third-order valence-corrected chi connectivity index (χ3v) is 6.66. The number of halogens is 2. The molecule has 2 aromatic rings. The second-order valence-corrected chi connectivity index (χ2v) is 10.9. The van der Waals surface area contributed by atoms with E-state index in [0.717, 1.165) is 0 Å². The molecule has 0 aromatic heterocycles. The number of benzene rings is 1. The minimum Gasteiger partial charge on any atom is -0.160 e. The zero-order chi connectivity index (χ0) is 13.6. The molecule has 0 N–H and O–H groups in total. The van der Waals surface area contributed by atoms with E-state index in [-0.39, 0.29) is 58.6 Å². The van der Waals surface area contributed by atoms with Gasteiger partial charge in [-0.3, -0.25) is 0 Å². The SMILES string of the molecule is CC(C)(C)P(c1cc2ccccc2[cH-]1)C(C)(C)C.Cl.Cl.[Hf]. The molecule has 2 rings (SSSR count). The van der Waals surface area contributed by atoms with Gasteiger partial charge in [-0.25, -0.2) is 0 Å². The molecule has 0 aliphatic carbocycles. The van der Waals surface area contributed by atoms with Crippen molar-refractivity contribution in [1.29, 1.82) is 0 Å². The summed E-state index contributed by atoms with van der Waals surface area (Å²) in [5.41, 5.74) is 0. The molecular weight excluding hydrogens is 485 g/mol. The average Bonchev–Trinajstić information content (AvgIpc) is 2.54. The predicted octanol–water partition coefficient (Wildman–Crippen LogP) is 6.10. The number of rotatable bonds is 1. The Kier molecular flexibility index (Phi) is 9.74. The quantitative estimate of drug-likeness (QED) is 0.247. The van der Waals surface area contributed by atoms with Crippen molar-refractivity contribution in [3.05, 3.63) is 36.4 Å². The Morgan fingerprint density at radius 3 is 1.76 bits per heavy atom. The van der Waals surface area contributed by atoms with Crippen molar-refractivity contribution in [2.45, 2.75) is 51.9 Å². The fraction of sp³-hybridized carbons (Fsp3) is 0.471. The Hall–Kier alpha value is 0.710. The number of hydrogen-bond acceptors (Lipinski definition) is 0. The molecule has 0 radical (unpaired) electrons. The summed E-state index contributed by atoms with van der Waals surface area (Å²) in [5.74, 6) is 0. The van der Waals surface area contributed by atoms with Gasteiger partial charge in [0.2, 0.25) is 0 Å². The Morgan fingerprint density at radius 1 is 0.857 bits per heavy atom. The maximum atomic E-state index is 2.40. The Labute approximate surface area is 162 Å². The van der Waals surface area contributed by atoms with Gasteiger partial charge < -0.3 is 0 Å². The van der Waals surface area contributed by atoms with Crippen molar-refractivity contribution in [3.8, 4) is 0 Å². The van der Waals surface area contributed by atoms with Crippen LogP contribution in [-0.4, -0.2) is 10.3 Å². The summed E-state index contributed by atoms with van der Waals surface area (Å²) in [6.45, 7) is 14.3. The monoisotopic (exact) mass is 511 g/mol. The van der Waals surface area contributed by atoms with Gasteiger partial charge in [0, 0.05) is 25.8 Å². The van der Waals surface area contributed by atoms with Crippen molar-refractivity contribution in [1.82, 2.24) is 0 Å². The van der Waals surface area contributed by atoms with Gasteiger partial charge in [0.05, 0.1) is 0 Å². The summed E-state index contributed by atoms with van der Waals surface area (Å²) in [4.78, 5) is 0. The van der Waals surface area contributed by atoms with Crippen LogP contribution in [-0.2, 0) is 25.8 Å². The van der Waals surface area contributed by atoms with Crippen LogP contribution in [0.15, 0.2) is 36.4 Å². The normalized spacial score (nSPS) is 11.6. The molecule has 0 aliphatic heterocycles. The van der Waals surface area contributed by atoms with Crippen LogP contribution < -0.4 is 5.30 Å². The van der Waals surface area contributed by atoms with E-state index in [1.807, 2.05) is 0 Å². The van der Waals surface area contributed by atoms with E-state index in [1.165, 1.54) is 10.8 Å². The van der Waals surface area contributed by atoms with E-state index < -0.39 is 0 Å². The second-order valence-electron chi connectivity index (χ2n) is 7.02. The van der Waals surface area contributed by atoms with Gasteiger partial charge in [-0.1, -0.05) is 55.5 Å². The van der Waals surface area contributed by atoms with Gasteiger partial charge in [-0.15, -0.1) is 65.2 Å². The molecule has 0 nitrogen and oxygen atoms in total. The van der Waals surface area contributed by atoms with Gasteiger partial charge in [0.15, 0.2) is 0 Å². The van der Waals surface area contributed by atoms with Gasteiger partial charge >= 0.3 is 0 Å². The van der Waals surface area contributed by atoms with Crippen LogP contribution in [0.5, 0.6) is 0 Å². The third kappa shape index (κ3) is 5.69. The number of fused-ring (bicyclic) bond motifs is 1. The zero-order valence-electron chi connectivity index (χ0n) is 13.7. The largest absolute Gasteiger partial charge is 0.160 e. The molecule has 4 heteroatoms. The van der Waals surface area contributed by atoms with Crippen molar-refractivity contribution < 1.29 is 25.8 Å². The van der Waals surface area contributed by atoms with Crippen LogP contribution in [0.25, 0.3) is 10.8 Å². The first-order valence-corrected chi connectivity index (χ1v) is 7.99. The molecular formula is C17H26Cl2HfP-. The van der Waals surface area contributed by atoms with E-state index in [4.69, 9.17) is 0 Å². The first kappa shape index (κ1) is 24.0. The molecule has 0 aliphatic rings. The number of hydrogen-bond donors (Lipinski definition) is 0. The maximum Gasteiger partial charge on any atom is 0 e. The van der Waals surface area contributed by atoms with Crippen LogP contribution in [0, 0.1) is 0 Å². The molecule has 0 unspecified atom stereocenters. The molecule has 2 aromatic carbocycles. The van der Waals surface area contributed by atoms with Crippen molar-refractivity contribution in [2.24, 2.45) is 0 Å².